The Morgan fingerprint density at radius 3 is 2.45 bits per heavy atom. The Labute approximate surface area is 255 Å². The number of esters is 2. The van der Waals surface area contributed by atoms with Crippen LogP contribution in [0.1, 0.15) is 66.1 Å². The summed E-state index contributed by atoms with van der Waals surface area (Å²) in [5.41, 5.74) is 4.77. The summed E-state index contributed by atoms with van der Waals surface area (Å²) >= 11 is 0. The Bertz CT molecular complexity index is 1610. The second-order valence-corrected chi connectivity index (χ2v) is 10.9. The summed E-state index contributed by atoms with van der Waals surface area (Å²) in [5.74, 6) is -1.05. The van der Waals surface area contributed by atoms with Gasteiger partial charge in [0.25, 0.3) is 0 Å². The van der Waals surface area contributed by atoms with Gasteiger partial charge in [0, 0.05) is 41.2 Å². The number of unbranched alkanes of at least 4 members (excludes halogenated alkanes) is 1. The van der Waals surface area contributed by atoms with Crippen molar-refractivity contribution in [1.29, 1.82) is 0 Å². The van der Waals surface area contributed by atoms with Crippen molar-refractivity contribution in [2.24, 2.45) is 0 Å². The summed E-state index contributed by atoms with van der Waals surface area (Å²) in [6.07, 6.45) is 7.04. The van der Waals surface area contributed by atoms with Crippen molar-refractivity contribution in [3.05, 3.63) is 102 Å². The van der Waals surface area contributed by atoms with E-state index in [1.54, 1.807) is 36.5 Å². The zero-order chi connectivity index (χ0) is 30.9. The standard InChI is InChI=1S/C35H35FN2O6/c36-26-13-11-23(12-14-26)33-29-7-1-2-8-31(29)38-34(24-9-10-24)30(33)16-15-27(39)20-28(40)21-32(41)43-18-3-4-19-44-35(42)25-6-5-17-37-22-25/h1-2,5-8,11-17,22,24,27-28,39-40H,3-4,9-10,18-21H2/b16-15+/t27-,28-/m1/s1. The molecule has 0 bridgehead atoms. The molecule has 2 aromatic heterocycles. The van der Waals surface area contributed by atoms with E-state index < -0.39 is 24.1 Å². The molecule has 8 nitrogen and oxygen atoms in total. The van der Waals surface area contributed by atoms with Crippen LogP contribution in [0, 0.1) is 5.82 Å². The minimum Gasteiger partial charge on any atom is -0.466 e. The first-order valence-corrected chi connectivity index (χ1v) is 14.8. The quantitative estimate of drug-likeness (QED) is 0.134. The summed E-state index contributed by atoms with van der Waals surface area (Å²) in [7, 11) is 0. The Morgan fingerprint density at radius 1 is 0.977 bits per heavy atom. The van der Waals surface area contributed by atoms with Crippen LogP contribution in [0.2, 0.25) is 0 Å². The van der Waals surface area contributed by atoms with E-state index in [1.165, 1.54) is 18.3 Å². The lowest BCUT2D eigenvalue weighted by Gasteiger charge is -2.16. The molecular weight excluding hydrogens is 563 g/mol. The number of aliphatic hydroxyl groups is 2. The topological polar surface area (TPSA) is 119 Å². The maximum absolute atomic E-state index is 13.8. The molecule has 0 saturated heterocycles. The van der Waals surface area contributed by atoms with E-state index in [1.807, 2.05) is 30.3 Å². The molecule has 1 saturated carbocycles. The lowest BCUT2D eigenvalue weighted by Crippen LogP contribution is -2.21. The molecule has 44 heavy (non-hydrogen) atoms. The summed E-state index contributed by atoms with van der Waals surface area (Å²) in [5, 5.41) is 22.1. The Kier molecular flexibility index (Phi) is 10.4. The summed E-state index contributed by atoms with van der Waals surface area (Å²) in [6, 6.07) is 17.4. The number of para-hydroxylation sites is 1. The van der Waals surface area contributed by atoms with Gasteiger partial charge in [0.2, 0.25) is 0 Å². The molecular formula is C35H35FN2O6. The maximum atomic E-state index is 13.8. The molecule has 2 aromatic carbocycles. The Hall–Kier alpha value is -4.47. The van der Waals surface area contributed by atoms with Gasteiger partial charge in [0.05, 0.1) is 48.6 Å². The smallest absolute Gasteiger partial charge is 0.339 e. The van der Waals surface area contributed by atoms with Crippen LogP contribution in [0.5, 0.6) is 0 Å². The van der Waals surface area contributed by atoms with Gasteiger partial charge in [-0.1, -0.05) is 42.5 Å². The van der Waals surface area contributed by atoms with E-state index in [0.29, 0.717) is 24.3 Å². The molecule has 1 fully saturated rings. The number of hydrogen-bond donors (Lipinski definition) is 2. The van der Waals surface area contributed by atoms with E-state index in [-0.39, 0.29) is 31.9 Å². The normalized spacial score (nSPS) is 14.4. The first kappa shape index (κ1) is 31.0. The number of fused-ring (bicyclic) bond motifs is 1. The first-order chi connectivity index (χ1) is 21.4. The molecule has 0 spiro atoms. The predicted octanol–water partition coefficient (Wildman–Crippen LogP) is 6.01. The average Bonchev–Trinajstić information content (AvgIpc) is 3.87. The number of ether oxygens (including phenoxy) is 2. The van der Waals surface area contributed by atoms with Crippen LogP contribution in [0.15, 0.2) is 79.1 Å². The van der Waals surface area contributed by atoms with Crippen LogP contribution in [-0.4, -0.2) is 57.5 Å². The lowest BCUT2D eigenvalue weighted by atomic mass is 9.92. The number of carbonyl (C=O) groups is 2. The van der Waals surface area contributed by atoms with Crippen molar-refractivity contribution >= 4 is 28.9 Å². The van der Waals surface area contributed by atoms with Crippen LogP contribution in [0.25, 0.3) is 28.1 Å². The van der Waals surface area contributed by atoms with Crippen LogP contribution in [0.4, 0.5) is 4.39 Å². The van der Waals surface area contributed by atoms with Gasteiger partial charge in [-0.15, -0.1) is 0 Å². The third kappa shape index (κ3) is 8.33. The number of carbonyl (C=O) groups excluding carboxylic acids is 2. The minimum absolute atomic E-state index is 0.0540. The van der Waals surface area contributed by atoms with E-state index >= 15 is 0 Å². The minimum atomic E-state index is -1.10. The largest absolute Gasteiger partial charge is 0.466 e. The molecule has 1 aliphatic carbocycles. The van der Waals surface area contributed by atoms with Gasteiger partial charge in [0.1, 0.15) is 5.82 Å². The van der Waals surface area contributed by atoms with Crippen LogP contribution >= 0.6 is 0 Å². The first-order valence-electron chi connectivity index (χ1n) is 14.8. The third-order valence-electron chi connectivity index (χ3n) is 7.39. The second kappa shape index (κ2) is 14.8. The van der Waals surface area contributed by atoms with Crippen molar-refractivity contribution in [2.45, 2.75) is 56.7 Å². The zero-order valence-electron chi connectivity index (χ0n) is 24.3. The second-order valence-electron chi connectivity index (χ2n) is 10.9. The van der Waals surface area contributed by atoms with Crippen molar-refractivity contribution in [3.63, 3.8) is 0 Å². The van der Waals surface area contributed by atoms with Gasteiger partial charge >= 0.3 is 11.9 Å². The highest BCUT2D eigenvalue weighted by Crippen LogP contribution is 2.45. The van der Waals surface area contributed by atoms with Gasteiger partial charge < -0.3 is 19.7 Å². The van der Waals surface area contributed by atoms with Gasteiger partial charge in [-0.25, -0.2) is 9.18 Å². The average molecular weight is 599 g/mol. The van der Waals surface area contributed by atoms with Gasteiger partial charge in [-0.05, 0) is 61.6 Å². The third-order valence-corrected chi connectivity index (χ3v) is 7.39. The number of aromatic nitrogens is 2. The molecule has 0 radical (unpaired) electrons. The van der Waals surface area contributed by atoms with E-state index in [9.17, 15) is 24.2 Å². The van der Waals surface area contributed by atoms with Crippen LogP contribution < -0.4 is 0 Å². The van der Waals surface area contributed by atoms with E-state index in [4.69, 9.17) is 14.5 Å². The molecule has 2 heterocycles. The van der Waals surface area contributed by atoms with Crippen molar-refractivity contribution in [3.8, 4) is 11.1 Å². The van der Waals surface area contributed by atoms with Gasteiger partial charge in [0.15, 0.2) is 0 Å². The lowest BCUT2D eigenvalue weighted by molar-refractivity contribution is -0.146. The number of benzene rings is 2. The summed E-state index contributed by atoms with van der Waals surface area (Å²) in [6.45, 7) is 0.314. The highest BCUT2D eigenvalue weighted by atomic mass is 19.1. The number of nitrogens with zero attached hydrogens (tertiary/aromatic N) is 2. The Balaban J connectivity index is 1.14. The summed E-state index contributed by atoms with van der Waals surface area (Å²) < 4.78 is 24.1. The fourth-order valence-corrected chi connectivity index (χ4v) is 5.03. The SMILES string of the molecule is O=C(C[C@H](O)C[C@H](O)/C=C/c1c(C2CC2)nc2ccccc2c1-c1ccc(F)cc1)OCCCCOC(=O)c1cccnc1. The monoisotopic (exact) mass is 598 g/mol. The molecule has 5 rings (SSSR count). The highest BCUT2D eigenvalue weighted by molar-refractivity contribution is 5.99. The molecule has 2 N–H and O–H groups in total. The van der Waals surface area contributed by atoms with Gasteiger partial charge in [-0.2, -0.15) is 0 Å². The predicted molar refractivity (Wildman–Crippen MR) is 164 cm³/mol. The molecule has 0 aliphatic heterocycles. The molecule has 9 heteroatoms. The molecule has 0 amide bonds. The number of hydrogen-bond acceptors (Lipinski definition) is 8. The molecule has 2 atom stereocenters. The number of rotatable bonds is 14. The Morgan fingerprint density at radius 2 is 1.73 bits per heavy atom. The zero-order valence-corrected chi connectivity index (χ0v) is 24.3. The number of aliphatic hydroxyl groups excluding tert-OH is 2. The molecule has 1 aliphatic rings. The van der Waals surface area contributed by atoms with Crippen molar-refractivity contribution < 1.29 is 33.7 Å². The molecule has 228 valence electrons. The highest BCUT2D eigenvalue weighted by Gasteiger charge is 2.29. The molecule has 4 aromatic rings. The van der Waals surface area contributed by atoms with Crippen LogP contribution in [0.3, 0.4) is 0 Å². The van der Waals surface area contributed by atoms with E-state index in [2.05, 4.69) is 4.98 Å². The fraction of sp³-hybridized carbons (Fsp3) is 0.314. The number of halogens is 1. The van der Waals surface area contributed by atoms with Crippen molar-refractivity contribution in [1.82, 2.24) is 9.97 Å². The maximum Gasteiger partial charge on any atom is 0.339 e. The summed E-state index contributed by atoms with van der Waals surface area (Å²) in [4.78, 5) is 32.9. The van der Waals surface area contributed by atoms with E-state index in [0.717, 1.165) is 46.1 Å². The fourth-order valence-electron chi connectivity index (χ4n) is 5.03. The molecule has 0 unspecified atom stereocenters. The van der Waals surface area contributed by atoms with Crippen LogP contribution in [-0.2, 0) is 14.3 Å². The van der Waals surface area contributed by atoms with Crippen molar-refractivity contribution in [2.75, 3.05) is 13.2 Å². The number of pyridine rings is 2. The van der Waals surface area contributed by atoms with Gasteiger partial charge in [-0.3, -0.25) is 14.8 Å².